The standard InChI is InChI=1S/C20H20N4O3/c1-20(2,23-13-25)12-22-19-16-9-8-15(14-6-4-3-5-7-14)10-17(16)21-11-18(19)24(26)27/h3-11,13H,12H2,1-2H3,(H,21,22)(H,23,25). The lowest BCUT2D eigenvalue weighted by Crippen LogP contribution is -2.44. The zero-order valence-corrected chi connectivity index (χ0v) is 15.1. The fourth-order valence-electron chi connectivity index (χ4n) is 2.84. The predicted octanol–water partition coefficient (Wildman–Crippen LogP) is 3.75. The summed E-state index contributed by atoms with van der Waals surface area (Å²) in [6, 6.07) is 15.5. The molecule has 1 aromatic heterocycles. The van der Waals surface area contributed by atoms with E-state index in [4.69, 9.17) is 0 Å². The number of fused-ring (bicyclic) bond motifs is 1. The molecule has 0 aliphatic carbocycles. The molecule has 0 aliphatic rings. The van der Waals surface area contributed by atoms with Gasteiger partial charge >= 0.3 is 5.69 Å². The molecule has 138 valence electrons. The number of nitrogens with zero attached hydrogens (tertiary/aromatic N) is 2. The number of nitrogens with one attached hydrogen (secondary N) is 2. The van der Waals surface area contributed by atoms with Crippen LogP contribution in [0.5, 0.6) is 0 Å². The number of hydrogen-bond donors (Lipinski definition) is 2. The van der Waals surface area contributed by atoms with E-state index in [1.165, 1.54) is 6.20 Å². The number of nitro groups is 1. The topological polar surface area (TPSA) is 97.2 Å². The van der Waals surface area contributed by atoms with Crippen molar-refractivity contribution in [2.75, 3.05) is 11.9 Å². The molecule has 0 bridgehead atoms. The van der Waals surface area contributed by atoms with Crippen molar-refractivity contribution in [3.8, 4) is 11.1 Å². The van der Waals surface area contributed by atoms with Crippen LogP contribution >= 0.6 is 0 Å². The van der Waals surface area contributed by atoms with E-state index in [2.05, 4.69) is 15.6 Å². The van der Waals surface area contributed by atoms with E-state index in [-0.39, 0.29) is 5.69 Å². The second-order valence-electron chi connectivity index (χ2n) is 6.87. The Morgan fingerprint density at radius 2 is 1.89 bits per heavy atom. The molecule has 7 nitrogen and oxygen atoms in total. The van der Waals surface area contributed by atoms with Crippen LogP contribution in [0.25, 0.3) is 22.0 Å². The summed E-state index contributed by atoms with van der Waals surface area (Å²) in [6.07, 6.45) is 1.88. The van der Waals surface area contributed by atoms with Crippen molar-refractivity contribution in [1.29, 1.82) is 0 Å². The maximum Gasteiger partial charge on any atom is 0.311 e. The average molecular weight is 364 g/mol. The number of carbonyl (C=O) groups excluding carboxylic acids is 1. The highest BCUT2D eigenvalue weighted by atomic mass is 16.6. The highest BCUT2D eigenvalue weighted by Crippen LogP contribution is 2.34. The summed E-state index contributed by atoms with van der Waals surface area (Å²) in [7, 11) is 0. The van der Waals surface area contributed by atoms with Crippen LogP contribution in [0.1, 0.15) is 13.8 Å². The smallest absolute Gasteiger partial charge is 0.311 e. The minimum Gasteiger partial charge on any atom is -0.377 e. The molecule has 7 heteroatoms. The van der Waals surface area contributed by atoms with Crippen molar-refractivity contribution < 1.29 is 9.72 Å². The van der Waals surface area contributed by atoms with Crippen LogP contribution in [0, 0.1) is 10.1 Å². The van der Waals surface area contributed by atoms with Gasteiger partial charge in [0.25, 0.3) is 0 Å². The van der Waals surface area contributed by atoms with Gasteiger partial charge < -0.3 is 10.6 Å². The summed E-state index contributed by atoms with van der Waals surface area (Å²) in [5.41, 5.74) is 2.42. The largest absolute Gasteiger partial charge is 0.377 e. The molecule has 0 radical (unpaired) electrons. The Hall–Kier alpha value is -3.48. The third-order valence-electron chi connectivity index (χ3n) is 4.31. The molecular formula is C20H20N4O3. The molecule has 0 aliphatic heterocycles. The second kappa shape index (κ2) is 7.41. The molecular weight excluding hydrogens is 344 g/mol. The average Bonchev–Trinajstić information content (AvgIpc) is 2.66. The first kappa shape index (κ1) is 18.3. The highest BCUT2D eigenvalue weighted by Gasteiger charge is 2.22. The van der Waals surface area contributed by atoms with E-state index in [0.717, 1.165) is 11.1 Å². The van der Waals surface area contributed by atoms with Crippen LogP contribution in [0.15, 0.2) is 54.7 Å². The Bertz CT molecular complexity index is 987. The van der Waals surface area contributed by atoms with Gasteiger partial charge in [-0.15, -0.1) is 0 Å². The van der Waals surface area contributed by atoms with Crippen LogP contribution in [0.2, 0.25) is 0 Å². The third kappa shape index (κ3) is 4.03. The number of hydrogen-bond acceptors (Lipinski definition) is 5. The number of benzene rings is 2. The number of anilines is 1. The Balaban J connectivity index is 2.05. The molecule has 0 fully saturated rings. The van der Waals surface area contributed by atoms with Gasteiger partial charge in [-0.2, -0.15) is 0 Å². The first-order valence-electron chi connectivity index (χ1n) is 8.49. The minimum atomic E-state index is -0.560. The molecule has 2 aromatic carbocycles. The zero-order valence-electron chi connectivity index (χ0n) is 15.1. The van der Waals surface area contributed by atoms with Crippen molar-refractivity contribution in [3.63, 3.8) is 0 Å². The van der Waals surface area contributed by atoms with Gasteiger partial charge in [0.2, 0.25) is 6.41 Å². The monoisotopic (exact) mass is 364 g/mol. The zero-order chi connectivity index (χ0) is 19.4. The van der Waals surface area contributed by atoms with Crippen LogP contribution in [0.4, 0.5) is 11.4 Å². The van der Waals surface area contributed by atoms with Gasteiger partial charge in [-0.1, -0.05) is 36.4 Å². The molecule has 0 saturated heterocycles. The Morgan fingerprint density at radius 3 is 2.56 bits per heavy atom. The fourth-order valence-corrected chi connectivity index (χ4v) is 2.84. The van der Waals surface area contributed by atoms with Crippen LogP contribution in [-0.4, -0.2) is 28.4 Å². The molecule has 0 atom stereocenters. The van der Waals surface area contributed by atoms with E-state index in [1.807, 2.05) is 62.4 Å². The van der Waals surface area contributed by atoms with E-state index < -0.39 is 10.5 Å². The van der Waals surface area contributed by atoms with Gasteiger partial charge in [0.15, 0.2) is 0 Å². The van der Waals surface area contributed by atoms with E-state index in [0.29, 0.717) is 29.5 Å². The normalized spacial score (nSPS) is 11.2. The van der Waals surface area contributed by atoms with Crippen LogP contribution in [-0.2, 0) is 4.79 Å². The lowest BCUT2D eigenvalue weighted by molar-refractivity contribution is -0.384. The van der Waals surface area contributed by atoms with Gasteiger partial charge in [0.1, 0.15) is 11.9 Å². The maximum atomic E-state index is 11.5. The van der Waals surface area contributed by atoms with Crippen molar-refractivity contribution in [1.82, 2.24) is 10.3 Å². The number of aromatic nitrogens is 1. The maximum absolute atomic E-state index is 11.5. The molecule has 3 rings (SSSR count). The fraction of sp³-hybridized carbons (Fsp3) is 0.200. The first-order valence-corrected chi connectivity index (χ1v) is 8.49. The van der Waals surface area contributed by atoms with Gasteiger partial charge in [-0.3, -0.25) is 14.9 Å². The first-order chi connectivity index (χ1) is 12.9. The summed E-state index contributed by atoms with van der Waals surface area (Å²) in [6.45, 7) is 3.99. The summed E-state index contributed by atoms with van der Waals surface area (Å²) in [5, 5.41) is 17.9. The molecule has 2 N–H and O–H groups in total. The molecule has 0 saturated carbocycles. The van der Waals surface area contributed by atoms with Crippen molar-refractivity contribution in [3.05, 3.63) is 64.8 Å². The lowest BCUT2D eigenvalue weighted by Gasteiger charge is -2.25. The van der Waals surface area contributed by atoms with Gasteiger partial charge in [0.05, 0.1) is 16.0 Å². The highest BCUT2D eigenvalue weighted by molar-refractivity contribution is 5.97. The van der Waals surface area contributed by atoms with Crippen molar-refractivity contribution in [2.45, 2.75) is 19.4 Å². The summed E-state index contributed by atoms with van der Waals surface area (Å²) in [5.74, 6) is 0. The Morgan fingerprint density at radius 1 is 1.15 bits per heavy atom. The molecule has 1 heterocycles. The third-order valence-corrected chi connectivity index (χ3v) is 4.31. The van der Waals surface area contributed by atoms with Gasteiger partial charge in [-0.05, 0) is 37.1 Å². The van der Waals surface area contributed by atoms with E-state index >= 15 is 0 Å². The lowest BCUT2D eigenvalue weighted by atomic mass is 10.0. The van der Waals surface area contributed by atoms with Gasteiger partial charge in [0, 0.05) is 11.9 Å². The number of pyridine rings is 1. The van der Waals surface area contributed by atoms with Crippen LogP contribution < -0.4 is 10.6 Å². The summed E-state index contributed by atoms with van der Waals surface area (Å²) >= 11 is 0. The SMILES string of the molecule is CC(C)(CNc1c([N+](=O)[O-])cnc2cc(-c3ccccc3)ccc12)NC=O. The predicted molar refractivity (Wildman–Crippen MR) is 106 cm³/mol. The Kier molecular flexibility index (Phi) is 5.03. The molecule has 0 spiro atoms. The number of rotatable bonds is 7. The molecule has 1 amide bonds. The molecule has 27 heavy (non-hydrogen) atoms. The number of carbonyl (C=O) groups is 1. The minimum absolute atomic E-state index is 0.100. The summed E-state index contributed by atoms with van der Waals surface area (Å²) in [4.78, 5) is 26.0. The molecule has 0 unspecified atom stereocenters. The van der Waals surface area contributed by atoms with Crippen LogP contribution in [0.3, 0.4) is 0 Å². The molecule has 3 aromatic rings. The second-order valence-corrected chi connectivity index (χ2v) is 6.87. The van der Waals surface area contributed by atoms with Crippen molar-refractivity contribution in [2.24, 2.45) is 0 Å². The van der Waals surface area contributed by atoms with E-state index in [9.17, 15) is 14.9 Å². The van der Waals surface area contributed by atoms with Gasteiger partial charge in [-0.25, -0.2) is 4.98 Å². The Labute approximate surface area is 156 Å². The summed E-state index contributed by atoms with van der Waals surface area (Å²) < 4.78 is 0. The number of amides is 1. The van der Waals surface area contributed by atoms with E-state index in [1.54, 1.807) is 0 Å². The quantitative estimate of drug-likeness (QED) is 0.378. The van der Waals surface area contributed by atoms with Crippen molar-refractivity contribution >= 4 is 28.7 Å².